The van der Waals surface area contributed by atoms with Crippen LogP contribution >= 0.6 is 15.9 Å². The normalized spacial score (nSPS) is 11.8. The van der Waals surface area contributed by atoms with Gasteiger partial charge in [0, 0.05) is 22.8 Å². The fraction of sp³-hybridized carbons (Fsp3) is 0.211. The zero-order chi connectivity index (χ0) is 18.5. The first-order chi connectivity index (χ1) is 12.5. The number of hydrogen-bond donors (Lipinski definition) is 2. The van der Waals surface area contributed by atoms with E-state index >= 15 is 0 Å². The van der Waals surface area contributed by atoms with Gasteiger partial charge in [0.05, 0.1) is 17.1 Å². The van der Waals surface area contributed by atoms with Crippen LogP contribution in [-0.2, 0) is 0 Å². The van der Waals surface area contributed by atoms with Crippen molar-refractivity contribution in [2.45, 2.75) is 26.3 Å². The second kappa shape index (κ2) is 8.23. The number of benzene rings is 1. The highest BCUT2D eigenvalue weighted by Gasteiger charge is 2.11. The summed E-state index contributed by atoms with van der Waals surface area (Å²) in [6, 6.07) is 12.2. The molecule has 0 fully saturated rings. The molecule has 3 rings (SSSR count). The molecule has 1 atom stereocenters. The number of hydrogen-bond acceptors (Lipinski definition) is 5. The maximum absolute atomic E-state index is 13.3. The van der Waals surface area contributed by atoms with Crippen molar-refractivity contribution in [1.29, 1.82) is 0 Å². The Kier molecular flexibility index (Phi) is 5.78. The highest BCUT2D eigenvalue weighted by Crippen LogP contribution is 2.28. The number of aromatic nitrogens is 3. The maximum Gasteiger partial charge on any atom is 0.225 e. The molecule has 0 aliphatic heterocycles. The molecule has 2 aromatic heterocycles. The molecule has 134 valence electrons. The van der Waals surface area contributed by atoms with Gasteiger partial charge in [0.25, 0.3) is 0 Å². The molecule has 2 N–H and O–H groups in total. The molecule has 0 spiro atoms. The van der Waals surface area contributed by atoms with Crippen LogP contribution in [0.15, 0.2) is 53.1 Å². The van der Waals surface area contributed by atoms with Gasteiger partial charge >= 0.3 is 0 Å². The maximum atomic E-state index is 13.3. The molecule has 26 heavy (non-hydrogen) atoms. The van der Waals surface area contributed by atoms with Crippen molar-refractivity contribution >= 4 is 33.4 Å². The van der Waals surface area contributed by atoms with E-state index in [1.165, 1.54) is 12.1 Å². The zero-order valence-electron chi connectivity index (χ0n) is 14.5. The lowest BCUT2D eigenvalue weighted by molar-refractivity contribution is 0.627. The average molecular weight is 416 g/mol. The Morgan fingerprint density at radius 1 is 1.12 bits per heavy atom. The lowest BCUT2D eigenvalue weighted by atomic mass is 10.2. The molecule has 0 bridgehead atoms. The van der Waals surface area contributed by atoms with Crippen molar-refractivity contribution in [2.75, 3.05) is 10.6 Å². The van der Waals surface area contributed by atoms with Crippen LogP contribution < -0.4 is 10.6 Å². The van der Waals surface area contributed by atoms with Crippen LogP contribution in [0.4, 0.5) is 21.8 Å². The number of nitrogens with zero attached hydrogens (tertiary/aromatic N) is 3. The first kappa shape index (κ1) is 18.3. The highest BCUT2D eigenvalue weighted by atomic mass is 79.9. The third-order valence-corrected chi connectivity index (χ3v) is 4.49. The van der Waals surface area contributed by atoms with Crippen molar-refractivity contribution in [2.24, 2.45) is 0 Å². The van der Waals surface area contributed by atoms with Gasteiger partial charge in [-0.05, 0) is 59.6 Å². The summed E-state index contributed by atoms with van der Waals surface area (Å²) in [5.41, 5.74) is 2.17. The van der Waals surface area contributed by atoms with Gasteiger partial charge in [0.2, 0.25) is 5.95 Å². The van der Waals surface area contributed by atoms with Crippen LogP contribution in [0.25, 0.3) is 11.4 Å². The summed E-state index contributed by atoms with van der Waals surface area (Å²) >= 11 is 3.36. The Morgan fingerprint density at radius 2 is 1.96 bits per heavy atom. The minimum atomic E-state index is -0.307. The lowest BCUT2D eigenvalue weighted by Gasteiger charge is -2.15. The number of anilines is 3. The Balaban J connectivity index is 1.98. The lowest BCUT2D eigenvalue weighted by Crippen LogP contribution is -2.16. The van der Waals surface area contributed by atoms with Crippen molar-refractivity contribution < 1.29 is 4.39 Å². The van der Waals surface area contributed by atoms with Crippen LogP contribution in [0.2, 0.25) is 0 Å². The van der Waals surface area contributed by atoms with Gasteiger partial charge in [-0.3, -0.25) is 4.98 Å². The number of rotatable bonds is 6. The topological polar surface area (TPSA) is 62.7 Å². The Morgan fingerprint density at radius 3 is 2.65 bits per heavy atom. The molecule has 5 nitrogen and oxygen atoms in total. The predicted molar refractivity (Wildman–Crippen MR) is 106 cm³/mol. The molecule has 2 heterocycles. The number of pyridine rings is 1. The summed E-state index contributed by atoms with van der Waals surface area (Å²) in [7, 11) is 0. The van der Waals surface area contributed by atoms with Gasteiger partial charge in [-0.1, -0.05) is 13.0 Å². The second-order valence-electron chi connectivity index (χ2n) is 5.88. The van der Waals surface area contributed by atoms with Crippen molar-refractivity contribution in [3.05, 3.63) is 59.0 Å². The summed E-state index contributed by atoms with van der Waals surface area (Å²) in [6.45, 7) is 4.16. The van der Waals surface area contributed by atoms with Crippen LogP contribution in [0.1, 0.15) is 20.3 Å². The van der Waals surface area contributed by atoms with E-state index in [2.05, 4.69) is 55.4 Å². The summed E-state index contributed by atoms with van der Waals surface area (Å²) in [5.74, 6) is 0.806. The van der Waals surface area contributed by atoms with Crippen LogP contribution in [0.5, 0.6) is 0 Å². The molecule has 7 heteroatoms. The molecule has 0 unspecified atom stereocenters. The molecular formula is C19H19BrFN5. The standard InChI is InChI=1S/C19H19BrFN5/c1-3-12(2)23-19-25-17(16-6-4-5-9-22-16)11-18(26-19)24-15-8-7-13(21)10-14(15)20/h4-12H,3H2,1-2H3,(H2,23,24,25,26)/t12-/m1/s1. The summed E-state index contributed by atoms with van der Waals surface area (Å²) in [4.78, 5) is 13.5. The Hall–Kier alpha value is -2.54. The highest BCUT2D eigenvalue weighted by molar-refractivity contribution is 9.10. The van der Waals surface area contributed by atoms with Gasteiger partial charge in [-0.15, -0.1) is 0 Å². The predicted octanol–water partition coefficient (Wildman–Crippen LogP) is 5.39. The van der Waals surface area contributed by atoms with E-state index in [1.807, 2.05) is 24.3 Å². The van der Waals surface area contributed by atoms with E-state index in [0.29, 0.717) is 27.6 Å². The quantitative estimate of drug-likeness (QED) is 0.564. The molecule has 3 aromatic rings. The van der Waals surface area contributed by atoms with E-state index in [9.17, 15) is 4.39 Å². The Bertz CT molecular complexity index is 888. The molecule has 0 radical (unpaired) electrons. The SMILES string of the molecule is CC[C@@H](C)Nc1nc(Nc2ccc(F)cc2Br)cc(-c2ccccn2)n1. The minimum absolute atomic E-state index is 0.236. The van der Waals surface area contributed by atoms with Gasteiger partial charge < -0.3 is 10.6 Å². The molecule has 0 saturated carbocycles. The fourth-order valence-corrected chi connectivity index (χ4v) is 2.72. The van der Waals surface area contributed by atoms with Gasteiger partial charge in [0.15, 0.2) is 0 Å². The smallest absolute Gasteiger partial charge is 0.225 e. The molecule has 0 amide bonds. The number of halogens is 2. The molecule has 0 aliphatic carbocycles. The number of nitrogens with one attached hydrogen (secondary N) is 2. The van der Waals surface area contributed by atoms with Crippen LogP contribution in [0.3, 0.4) is 0 Å². The molecular weight excluding hydrogens is 397 g/mol. The third kappa shape index (κ3) is 4.54. The summed E-state index contributed by atoms with van der Waals surface area (Å²) < 4.78 is 13.9. The average Bonchev–Trinajstić information content (AvgIpc) is 2.64. The van der Waals surface area contributed by atoms with E-state index in [-0.39, 0.29) is 11.9 Å². The Labute approximate surface area is 160 Å². The van der Waals surface area contributed by atoms with Gasteiger partial charge in [-0.25, -0.2) is 9.37 Å². The first-order valence-corrected chi connectivity index (χ1v) is 9.13. The summed E-state index contributed by atoms with van der Waals surface area (Å²) in [5, 5.41) is 6.50. The molecule has 0 saturated heterocycles. The van der Waals surface area contributed by atoms with E-state index in [4.69, 9.17) is 0 Å². The van der Waals surface area contributed by atoms with E-state index < -0.39 is 0 Å². The largest absolute Gasteiger partial charge is 0.352 e. The van der Waals surface area contributed by atoms with Gasteiger partial charge in [0.1, 0.15) is 11.6 Å². The molecule has 0 aliphatic rings. The third-order valence-electron chi connectivity index (χ3n) is 3.84. The fourth-order valence-electron chi connectivity index (χ4n) is 2.27. The minimum Gasteiger partial charge on any atom is -0.352 e. The zero-order valence-corrected chi connectivity index (χ0v) is 16.1. The summed E-state index contributed by atoms with van der Waals surface area (Å²) in [6.07, 6.45) is 2.67. The van der Waals surface area contributed by atoms with Crippen molar-refractivity contribution in [3.63, 3.8) is 0 Å². The monoisotopic (exact) mass is 415 g/mol. The first-order valence-electron chi connectivity index (χ1n) is 8.34. The van der Waals surface area contributed by atoms with E-state index in [1.54, 1.807) is 12.3 Å². The van der Waals surface area contributed by atoms with Crippen molar-refractivity contribution in [3.8, 4) is 11.4 Å². The van der Waals surface area contributed by atoms with Crippen LogP contribution in [-0.4, -0.2) is 21.0 Å². The van der Waals surface area contributed by atoms with Crippen molar-refractivity contribution in [1.82, 2.24) is 15.0 Å². The van der Waals surface area contributed by atoms with E-state index in [0.717, 1.165) is 12.1 Å². The van der Waals surface area contributed by atoms with Gasteiger partial charge in [-0.2, -0.15) is 4.98 Å². The molecule has 1 aromatic carbocycles. The van der Waals surface area contributed by atoms with Crippen LogP contribution in [0, 0.1) is 5.82 Å². The second-order valence-corrected chi connectivity index (χ2v) is 6.73.